The smallest absolute Gasteiger partial charge is 0.265 e. The first-order valence-electron chi connectivity index (χ1n) is 8.37. The van der Waals surface area contributed by atoms with E-state index in [2.05, 4.69) is 54.5 Å². The Morgan fingerprint density at radius 1 is 1.07 bits per heavy atom. The third-order valence-electron chi connectivity index (χ3n) is 4.27. The highest BCUT2D eigenvalue weighted by Gasteiger charge is 2.35. The van der Waals surface area contributed by atoms with E-state index in [0.717, 1.165) is 18.1 Å². The number of carbonyl (C=O) groups is 2. The molecule has 0 N–H and O–H groups in total. The van der Waals surface area contributed by atoms with E-state index in [0.29, 0.717) is 17.9 Å². The summed E-state index contributed by atoms with van der Waals surface area (Å²) in [6.45, 7) is 0.423. The van der Waals surface area contributed by atoms with Crippen molar-refractivity contribution in [2.24, 2.45) is 0 Å². The Morgan fingerprint density at radius 2 is 1.66 bits per heavy atom. The lowest BCUT2D eigenvalue weighted by Crippen LogP contribution is -2.52. The number of hydrogen-bond donors (Lipinski definition) is 0. The van der Waals surface area contributed by atoms with Crippen molar-refractivity contribution in [1.29, 1.82) is 0 Å². The van der Waals surface area contributed by atoms with Crippen molar-refractivity contribution in [3.63, 3.8) is 0 Å². The summed E-state index contributed by atoms with van der Waals surface area (Å²) in [4.78, 5) is 27.6. The van der Waals surface area contributed by atoms with Gasteiger partial charge in [0.2, 0.25) is 0 Å². The fraction of sp³-hybridized carbons (Fsp3) is 0.150. The Labute approximate surface area is 204 Å². The van der Waals surface area contributed by atoms with Gasteiger partial charge < -0.3 is 4.74 Å². The summed E-state index contributed by atoms with van der Waals surface area (Å²) in [6, 6.07) is 11.6. The van der Waals surface area contributed by atoms with E-state index < -0.39 is 11.8 Å². The first-order valence-corrected chi connectivity index (χ1v) is 11.4. The van der Waals surface area contributed by atoms with Gasteiger partial charge in [-0.15, -0.1) is 0 Å². The second kappa shape index (κ2) is 9.23. The van der Waals surface area contributed by atoms with Gasteiger partial charge in [-0.1, -0.05) is 28.1 Å². The van der Waals surface area contributed by atoms with Crippen molar-refractivity contribution in [1.82, 2.24) is 9.80 Å². The van der Waals surface area contributed by atoms with Crippen molar-refractivity contribution in [3.05, 3.63) is 65.6 Å². The minimum absolute atomic E-state index is 0.0647. The lowest BCUT2D eigenvalue weighted by atomic mass is 10.1. The zero-order chi connectivity index (χ0) is 21.3. The van der Waals surface area contributed by atoms with E-state index in [9.17, 15) is 9.59 Å². The average molecular weight is 650 g/mol. The van der Waals surface area contributed by atoms with Crippen molar-refractivity contribution in [2.45, 2.75) is 6.61 Å². The predicted octanol–water partition coefficient (Wildman–Crippen LogP) is 4.99. The van der Waals surface area contributed by atoms with E-state index in [4.69, 9.17) is 17.0 Å². The molecule has 0 unspecified atom stereocenters. The number of likely N-dealkylation sites (N-methyl/N-ethyl adjacent to an activating group) is 2. The molecule has 2 amide bonds. The Bertz CT molecular complexity index is 992. The Kier molecular flexibility index (Phi) is 7.13. The van der Waals surface area contributed by atoms with Crippen LogP contribution in [0.2, 0.25) is 0 Å². The van der Waals surface area contributed by atoms with Crippen LogP contribution in [0.25, 0.3) is 6.08 Å². The van der Waals surface area contributed by atoms with Crippen molar-refractivity contribution in [2.75, 3.05) is 14.1 Å². The minimum atomic E-state index is -0.417. The summed E-state index contributed by atoms with van der Waals surface area (Å²) >= 11 is 14.2. The van der Waals surface area contributed by atoms with Gasteiger partial charge in [0.05, 0.1) is 8.04 Å². The van der Waals surface area contributed by atoms with Crippen LogP contribution in [0.4, 0.5) is 0 Å². The molecule has 1 aliphatic rings. The van der Waals surface area contributed by atoms with Gasteiger partial charge in [0.25, 0.3) is 11.8 Å². The van der Waals surface area contributed by atoms with E-state index in [1.165, 1.54) is 9.80 Å². The van der Waals surface area contributed by atoms with Gasteiger partial charge in [0, 0.05) is 18.6 Å². The summed E-state index contributed by atoms with van der Waals surface area (Å²) < 4.78 is 8.58. The maximum atomic E-state index is 12.5. The molecule has 3 rings (SSSR count). The van der Waals surface area contributed by atoms with E-state index in [1.807, 2.05) is 36.4 Å². The second-order valence-corrected chi connectivity index (χ2v) is 9.60. The van der Waals surface area contributed by atoms with Gasteiger partial charge in [-0.05, 0) is 92.2 Å². The van der Waals surface area contributed by atoms with Crippen LogP contribution in [0.3, 0.4) is 0 Å². The molecule has 2 aromatic rings. The Morgan fingerprint density at radius 3 is 2.21 bits per heavy atom. The number of thiocarbonyl (C=S) groups is 1. The maximum absolute atomic E-state index is 12.5. The topological polar surface area (TPSA) is 49.9 Å². The number of benzene rings is 2. The molecule has 1 saturated heterocycles. The van der Waals surface area contributed by atoms with Crippen molar-refractivity contribution < 1.29 is 14.3 Å². The van der Waals surface area contributed by atoms with E-state index in [1.54, 1.807) is 20.2 Å². The van der Waals surface area contributed by atoms with Crippen LogP contribution in [-0.2, 0) is 16.2 Å². The number of halogens is 3. The molecule has 0 radical (unpaired) electrons. The van der Waals surface area contributed by atoms with Gasteiger partial charge in [-0.25, -0.2) is 0 Å². The van der Waals surface area contributed by atoms with Crippen LogP contribution in [0, 0.1) is 3.57 Å². The zero-order valence-corrected chi connectivity index (χ0v) is 21.6. The third kappa shape index (κ3) is 4.89. The Balaban J connectivity index is 1.86. The molecule has 2 aromatic carbocycles. The highest BCUT2D eigenvalue weighted by Crippen LogP contribution is 2.34. The van der Waals surface area contributed by atoms with Gasteiger partial charge in [0.15, 0.2) is 5.11 Å². The number of ether oxygens (including phenoxy) is 1. The molecule has 29 heavy (non-hydrogen) atoms. The molecule has 0 spiro atoms. The highest BCUT2D eigenvalue weighted by molar-refractivity contribution is 14.1. The summed E-state index contributed by atoms with van der Waals surface area (Å²) in [5.41, 5.74) is 1.82. The van der Waals surface area contributed by atoms with Crippen LogP contribution in [0.1, 0.15) is 11.1 Å². The molecular formula is C20H15Br2IN2O3S. The molecule has 1 heterocycles. The van der Waals surface area contributed by atoms with Gasteiger partial charge in [-0.3, -0.25) is 19.4 Å². The lowest BCUT2D eigenvalue weighted by Gasteiger charge is -2.31. The fourth-order valence-corrected chi connectivity index (χ4v) is 4.88. The predicted molar refractivity (Wildman–Crippen MR) is 131 cm³/mol. The quantitative estimate of drug-likeness (QED) is 0.203. The van der Waals surface area contributed by atoms with Gasteiger partial charge in [-0.2, -0.15) is 0 Å². The van der Waals surface area contributed by atoms with Crippen LogP contribution < -0.4 is 4.74 Å². The highest BCUT2D eigenvalue weighted by atomic mass is 127. The first kappa shape index (κ1) is 22.4. The molecule has 0 saturated carbocycles. The monoisotopic (exact) mass is 648 g/mol. The molecule has 0 bridgehead atoms. The van der Waals surface area contributed by atoms with E-state index >= 15 is 0 Å². The molecule has 150 valence electrons. The number of rotatable bonds is 4. The van der Waals surface area contributed by atoms with Gasteiger partial charge >= 0.3 is 0 Å². The third-order valence-corrected chi connectivity index (χ3v) is 6.74. The van der Waals surface area contributed by atoms with E-state index in [-0.39, 0.29) is 10.7 Å². The average Bonchev–Trinajstić information content (AvgIpc) is 2.69. The Hall–Kier alpha value is -1.30. The molecule has 0 atom stereocenters. The molecular weight excluding hydrogens is 635 g/mol. The van der Waals surface area contributed by atoms with Crippen LogP contribution in [-0.4, -0.2) is 40.8 Å². The molecule has 5 nitrogen and oxygen atoms in total. The molecule has 0 aliphatic carbocycles. The maximum Gasteiger partial charge on any atom is 0.265 e. The molecule has 0 aromatic heterocycles. The number of nitrogens with zero attached hydrogens (tertiary/aromatic N) is 2. The number of amides is 2. The lowest BCUT2D eigenvalue weighted by molar-refractivity contribution is -0.132. The van der Waals surface area contributed by atoms with Crippen LogP contribution >= 0.6 is 66.7 Å². The SMILES string of the molecule is CN1C(=O)C(=Cc2cc(Br)c(OCc3ccc(Br)cc3)c(I)c2)C(=O)N(C)C1=S. The van der Waals surface area contributed by atoms with Crippen molar-refractivity contribution in [3.8, 4) is 5.75 Å². The number of carbonyl (C=O) groups excluding carboxylic acids is 2. The first-order chi connectivity index (χ1) is 13.7. The van der Waals surface area contributed by atoms with Gasteiger partial charge in [0.1, 0.15) is 17.9 Å². The van der Waals surface area contributed by atoms with Crippen molar-refractivity contribution >= 4 is 89.7 Å². The largest absolute Gasteiger partial charge is 0.487 e. The minimum Gasteiger partial charge on any atom is -0.487 e. The standard InChI is InChI=1S/C20H15Br2IN2O3S/c1-24-18(26)14(19(27)25(2)20(24)29)7-12-8-15(22)17(16(23)9-12)28-10-11-3-5-13(21)6-4-11/h3-9H,10H2,1-2H3. The normalized spacial score (nSPS) is 14.5. The summed E-state index contributed by atoms with van der Waals surface area (Å²) in [7, 11) is 3.11. The molecule has 9 heteroatoms. The molecule has 1 fully saturated rings. The summed E-state index contributed by atoms with van der Waals surface area (Å²) in [5, 5.41) is 0.185. The zero-order valence-electron chi connectivity index (χ0n) is 15.4. The summed E-state index contributed by atoms with van der Waals surface area (Å²) in [5.74, 6) is -0.132. The second-order valence-electron chi connectivity index (χ2n) is 6.30. The number of hydrogen-bond acceptors (Lipinski definition) is 4. The molecule has 1 aliphatic heterocycles. The van der Waals surface area contributed by atoms with Crippen LogP contribution in [0.15, 0.2) is 50.9 Å². The van der Waals surface area contributed by atoms with Crippen LogP contribution in [0.5, 0.6) is 5.75 Å². The summed E-state index contributed by atoms with van der Waals surface area (Å²) in [6.07, 6.45) is 1.57. The fourth-order valence-electron chi connectivity index (χ4n) is 2.68.